The molecule has 2 heterocycles. The van der Waals surface area contributed by atoms with Gasteiger partial charge in [-0.25, -0.2) is 0 Å². The van der Waals surface area contributed by atoms with Gasteiger partial charge in [0, 0.05) is 25.2 Å². The quantitative estimate of drug-likeness (QED) is 0.863. The van der Waals surface area contributed by atoms with E-state index in [0.29, 0.717) is 12.0 Å². The van der Waals surface area contributed by atoms with Crippen LogP contribution in [0, 0.1) is 5.92 Å². The highest BCUT2D eigenvalue weighted by atomic mass is 16.5. The average molecular weight is 286 g/mol. The van der Waals surface area contributed by atoms with Crippen LogP contribution >= 0.6 is 0 Å². The highest BCUT2D eigenvalue weighted by molar-refractivity contribution is 5.92. The number of carbonyl (C=O) groups is 1. The second kappa shape index (κ2) is 6.31. The van der Waals surface area contributed by atoms with E-state index in [1.54, 1.807) is 13.2 Å². The van der Waals surface area contributed by atoms with Crippen molar-refractivity contribution >= 4 is 12.0 Å². The van der Waals surface area contributed by atoms with Crippen molar-refractivity contribution in [3.05, 3.63) is 35.9 Å². The fourth-order valence-electron chi connectivity index (χ4n) is 3.21. The minimum atomic E-state index is 0.113. The summed E-state index contributed by atoms with van der Waals surface area (Å²) in [5.74, 6) is 1.58. The number of ether oxygens (including phenoxy) is 1. The predicted molar refractivity (Wildman–Crippen MR) is 83.1 cm³/mol. The van der Waals surface area contributed by atoms with E-state index in [0.717, 1.165) is 30.9 Å². The molecule has 1 aromatic rings. The van der Waals surface area contributed by atoms with E-state index in [1.807, 2.05) is 35.2 Å². The second-order valence-electron chi connectivity index (χ2n) is 5.81. The number of hydrogen-bond donors (Lipinski definition) is 1. The Morgan fingerprint density at radius 1 is 1.33 bits per heavy atom. The van der Waals surface area contributed by atoms with Crippen LogP contribution in [0.15, 0.2) is 30.3 Å². The van der Waals surface area contributed by atoms with Gasteiger partial charge in [0.25, 0.3) is 0 Å². The molecule has 4 heteroatoms. The van der Waals surface area contributed by atoms with E-state index in [-0.39, 0.29) is 5.91 Å². The number of amides is 1. The summed E-state index contributed by atoms with van der Waals surface area (Å²) in [7, 11) is 1.65. The van der Waals surface area contributed by atoms with Gasteiger partial charge in [0.05, 0.1) is 7.11 Å². The van der Waals surface area contributed by atoms with Gasteiger partial charge in [0.15, 0.2) is 0 Å². The van der Waals surface area contributed by atoms with E-state index in [4.69, 9.17) is 4.74 Å². The van der Waals surface area contributed by atoms with Crippen LogP contribution in [0.2, 0.25) is 0 Å². The number of carbonyl (C=O) groups excluding carboxylic acids is 1. The van der Waals surface area contributed by atoms with E-state index in [9.17, 15) is 4.79 Å². The van der Waals surface area contributed by atoms with Crippen molar-refractivity contribution < 1.29 is 9.53 Å². The Kier molecular flexibility index (Phi) is 4.25. The Hall–Kier alpha value is -1.81. The maximum absolute atomic E-state index is 12.3. The molecule has 1 N–H and O–H groups in total. The number of piperidine rings is 1. The lowest BCUT2D eigenvalue weighted by molar-refractivity contribution is -0.125. The average Bonchev–Trinajstić information content (AvgIpc) is 2.97. The lowest BCUT2D eigenvalue weighted by Crippen LogP contribution is -2.40. The van der Waals surface area contributed by atoms with Crippen LogP contribution < -0.4 is 10.1 Å². The standard InChI is InChI=1S/C17H22N2O2/c1-21-15-7-4-13(5-8-15)6-9-17(20)19-11-14-3-2-10-18-16(14)12-19/h4-9,14,16,18H,2-3,10-12H2,1H3/b9-6+. The summed E-state index contributed by atoms with van der Waals surface area (Å²) in [5.41, 5.74) is 1.01. The number of rotatable bonds is 3. The zero-order chi connectivity index (χ0) is 14.7. The van der Waals surface area contributed by atoms with Crippen LogP contribution in [0.3, 0.4) is 0 Å². The highest BCUT2D eigenvalue weighted by Gasteiger charge is 2.35. The first-order valence-electron chi connectivity index (χ1n) is 7.60. The molecule has 0 radical (unpaired) electrons. The van der Waals surface area contributed by atoms with Crippen molar-refractivity contribution in [2.24, 2.45) is 5.92 Å². The van der Waals surface area contributed by atoms with Gasteiger partial charge in [0.2, 0.25) is 5.91 Å². The zero-order valence-electron chi connectivity index (χ0n) is 12.4. The molecule has 0 aliphatic carbocycles. The van der Waals surface area contributed by atoms with Gasteiger partial charge in [-0.15, -0.1) is 0 Å². The van der Waals surface area contributed by atoms with Gasteiger partial charge in [-0.2, -0.15) is 0 Å². The van der Waals surface area contributed by atoms with Gasteiger partial charge in [0.1, 0.15) is 5.75 Å². The number of likely N-dealkylation sites (tertiary alicyclic amines) is 1. The molecule has 2 atom stereocenters. The fourth-order valence-corrected chi connectivity index (χ4v) is 3.21. The van der Waals surface area contributed by atoms with E-state index in [2.05, 4.69) is 5.32 Å². The van der Waals surface area contributed by atoms with Crippen molar-refractivity contribution in [3.8, 4) is 5.75 Å². The molecule has 2 unspecified atom stereocenters. The van der Waals surface area contributed by atoms with Gasteiger partial charge >= 0.3 is 0 Å². The number of fused-ring (bicyclic) bond motifs is 1. The topological polar surface area (TPSA) is 41.6 Å². The lowest BCUT2D eigenvalue weighted by Gasteiger charge is -2.24. The fraction of sp³-hybridized carbons (Fsp3) is 0.471. The van der Waals surface area contributed by atoms with Crippen LogP contribution in [0.4, 0.5) is 0 Å². The summed E-state index contributed by atoms with van der Waals surface area (Å²) in [6.07, 6.45) is 6.02. The van der Waals surface area contributed by atoms with Crippen molar-refractivity contribution in [2.75, 3.05) is 26.7 Å². The molecule has 1 aromatic carbocycles. The van der Waals surface area contributed by atoms with Crippen LogP contribution in [0.5, 0.6) is 5.75 Å². The van der Waals surface area contributed by atoms with E-state index in [1.165, 1.54) is 12.8 Å². The monoisotopic (exact) mass is 286 g/mol. The number of methoxy groups -OCH3 is 1. The van der Waals surface area contributed by atoms with Crippen LogP contribution in [0.25, 0.3) is 6.08 Å². The summed E-state index contributed by atoms with van der Waals surface area (Å²) >= 11 is 0. The minimum Gasteiger partial charge on any atom is -0.497 e. The molecule has 2 fully saturated rings. The molecule has 2 saturated heterocycles. The summed E-state index contributed by atoms with van der Waals surface area (Å²) in [6, 6.07) is 8.20. The molecule has 112 valence electrons. The third-order valence-electron chi connectivity index (χ3n) is 4.45. The molecule has 4 nitrogen and oxygen atoms in total. The molecule has 0 aromatic heterocycles. The molecular formula is C17H22N2O2. The highest BCUT2D eigenvalue weighted by Crippen LogP contribution is 2.25. The summed E-state index contributed by atoms with van der Waals surface area (Å²) in [4.78, 5) is 14.2. The Labute approximate surface area is 125 Å². The Morgan fingerprint density at radius 2 is 2.14 bits per heavy atom. The minimum absolute atomic E-state index is 0.113. The lowest BCUT2D eigenvalue weighted by atomic mass is 9.94. The molecule has 21 heavy (non-hydrogen) atoms. The molecule has 2 aliphatic heterocycles. The summed E-state index contributed by atoms with van der Waals surface area (Å²) in [5, 5.41) is 3.52. The maximum Gasteiger partial charge on any atom is 0.246 e. The maximum atomic E-state index is 12.3. The summed E-state index contributed by atoms with van der Waals surface area (Å²) in [6.45, 7) is 2.82. The molecule has 1 amide bonds. The zero-order valence-corrected chi connectivity index (χ0v) is 12.4. The van der Waals surface area contributed by atoms with E-state index < -0.39 is 0 Å². The Balaban J connectivity index is 1.59. The number of nitrogens with zero attached hydrogens (tertiary/aromatic N) is 1. The molecule has 3 rings (SSSR count). The van der Waals surface area contributed by atoms with Crippen LogP contribution in [-0.4, -0.2) is 43.6 Å². The Bertz CT molecular complexity index is 510. The van der Waals surface area contributed by atoms with Crippen LogP contribution in [0.1, 0.15) is 18.4 Å². The van der Waals surface area contributed by atoms with Crippen molar-refractivity contribution in [2.45, 2.75) is 18.9 Å². The number of hydrogen-bond acceptors (Lipinski definition) is 3. The molecule has 0 bridgehead atoms. The SMILES string of the molecule is COc1ccc(/C=C/C(=O)N2CC3CCCNC3C2)cc1. The first-order chi connectivity index (χ1) is 10.3. The molecular weight excluding hydrogens is 264 g/mol. The van der Waals surface area contributed by atoms with Gasteiger partial charge in [-0.05, 0) is 49.1 Å². The number of benzene rings is 1. The predicted octanol–water partition coefficient (Wildman–Crippen LogP) is 1.92. The van der Waals surface area contributed by atoms with Gasteiger partial charge in [-0.1, -0.05) is 12.1 Å². The van der Waals surface area contributed by atoms with Crippen molar-refractivity contribution in [1.82, 2.24) is 10.2 Å². The Morgan fingerprint density at radius 3 is 2.86 bits per heavy atom. The van der Waals surface area contributed by atoms with Crippen molar-refractivity contribution in [3.63, 3.8) is 0 Å². The second-order valence-corrected chi connectivity index (χ2v) is 5.81. The van der Waals surface area contributed by atoms with Crippen LogP contribution in [-0.2, 0) is 4.79 Å². The molecule has 2 aliphatic rings. The smallest absolute Gasteiger partial charge is 0.246 e. The first-order valence-corrected chi connectivity index (χ1v) is 7.60. The molecule has 0 saturated carbocycles. The van der Waals surface area contributed by atoms with Gasteiger partial charge < -0.3 is 15.0 Å². The third kappa shape index (κ3) is 3.27. The third-order valence-corrected chi connectivity index (χ3v) is 4.45. The first kappa shape index (κ1) is 14.1. The largest absolute Gasteiger partial charge is 0.497 e. The van der Waals surface area contributed by atoms with E-state index >= 15 is 0 Å². The van der Waals surface area contributed by atoms with Crippen molar-refractivity contribution in [1.29, 1.82) is 0 Å². The summed E-state index contributed by atoms with van der Waals surface area (Å²) < 4.78 is 5.12. The number of nitrogens with one attached hydrogen (secondary N) is 1. The normalized spacial score (nSPS) is 25.1. The molecule has 0 spiro atoms. The van der Waals surface area contributed by atoms with Gasteiger partial charge in [-0.3, -0.25) is 4.79 Å².